The fraction of sp³-hybridized carbons (Fsp3) is 0.0400. The van der Waals surface area contributed by atoms with Gasteiger partial charge in [-0.2, -0.15) is 0 Å². The van der Waals surface area contributed by atoms with Crippen LogP contribution in [0.4, 0.5) is 14.4 Å². The minimum absolute atomic E-state index is 0.0834. The van der Waals surface area contributed by atoms with E-state index in [-0.39, 0.29) is 28.7 Å². The van der Waals surface area contributed by atoms with Crippen molar-refractivity contribution in [2.75, 3.05) is 7.05 Å². The summed E-state index contributed by atoms with van der Waals surface area (Å²) >= 11 is 0. The smallest absolute Gasteiger partial charge is 0.449 e. The topological polar surface area (TPSA) is 150 Å². The average Bonchev–Trinajstić information content (AvgIpc) is 2.82. The lowest BCUT2D eigenvalue weighted by atomic mass is 9.88. The molecule has 0 bridgehead atoms. The molecule has 1 aliphatic heterocycles. The van der Waals surface area contributed by atoms with E-state index in [9.17, 15) is 24.6 Å². The molecule has 0 aliphatic carbocycles. The lowest BCUT2D eigenvalue weighted by Gasteiger charge is -2.21. The van der Waals surface area contributed by atoms with Gasteiger partial charge in [0.25, 0.3) is 0 Å². The molecule has 0 saturated carbocycles. The van der Waals surface area contributed by atoms with Gasteiger partial charge in [0.1, 0.15) is 23.0 Å². The van der Waals surface area contributed by atoms with Crippen molar-refractivity contribution in [3.63, 3.8) is 0 Å². The summed E-state index contributed by atoms with van der Waals surface area (Å²) in [7, 11) is 1.40. The molecule has 0 aromatic heterocycles. The van der Waals surface area contributed by atoms with E-state index in [2.05, 4.69) is 4.99 Å². The molecule has 5 aromatic carbocycles. The molecule has 1 aliphatic rings. The van der Waals surface area contributed by atoms with Crippen LogP contribution in [0.15, 0.2) is 53.5 Å². The molecular weight excluding hydrogens is 474 g/mol. The second-order valence-corrected chi connectivity index (χ2v) is 7.73. The second-order valence-electron chi connectivity index (χ2n) is 7.73. The standard InChI is InChI=1S/C25H13NO10/c1-26-22-32-14-6-2-10-11-3-7-15(33-23(27)28)21-16(34-24(29)30)8-4-12(19(11)21)13-5-9-17(20(14)18(10)13)35-25(31)36-22/h2-9H,1H3,(H,27,28)(H,29,30). The Labute approximate surface area is 199 Å². The Morgan fingerprint density at radius 3 is 1.64 bits per heavy atom. The van der Waals surface area contributed by atoms with Gasteiger partial charge in [0.05, 0.1) is 10.8 Å². The highest BCUT2D eigenvalue weighted by Gasteiger charge is 2.26. The van der Waals surface area contributed by atoms with Gasteiger partial charge >= 0.3 is 24.5 Å². The first kappa shape index (κ1) is 21.2. The van der Waals surface area contributed by atoms with E-state index in [0.717, 1.165) is 0 Å². The summed E-state index contributed by atoms with van der Waals surface area (Å²) in [4.78, 5) is 38.7. The average molecular weight is 487 g/mol. The van der Waals surface area contributed by atoms with Crippen LogP contribution in [-0.2, 0) is 4.74 Å². The van der Waals surface area contributed by atoms with Gasteiger partial charge in [-0.25, -0.2) is 19.4 Å². The molecule has 178 valence electrons. The molecule has 36 heavy (non-hydrogen) atoms. The Hall–Kier alpha value is -5.32. The van der Waals surface area contributed by atoms with E-state index in [0.29, 0.717) is 43.5 Å². The molecule has 0 amide bonds. The zero-order chi connectivity index (χ0) is 25.1. The minimum Gasteiger partial charge on any atom is -0.449 e. The maximum absolute atomic E-state index is 12.2. The van der Waals surface area contributed by atoms with Gasteiger partial charge in [-0.3, -0.25) is 0 Å². The number of carboxylic acid groups (broad SMARTS) is 2. The number of rotatable bonds is 2. The third kappa shape index (κ3) is 3.06. The van der Waals surface area contributed by atoms with Crippen LogP contribution in [0, 0.1) is 0 Å². The summed E-state index contributed by atoms with van der Waals surface area (Å²) in [5, 5.41) is 23.1. The van der Waals surface area contributed by atoms with E-state index in [1.54, 1.807) is 36.4 Å². The number of carbonyl (C=O) groups excluding carboxylic acids is 1. The summed E-state index contributed by atoms with van der Waals surface area (Å²) in [6, 6.07) is 12.9. The van der Waals surface area contributed by atoms with Crippen LogP contribution in [0.3, 0.4) is 0 Å². The molecular formula is C25H13NO10. The van der Waals surface area contributed by atoms with Gasteiger partial charge in [0, 0.05) is 17.8 Å². The molecule has 0 radical (unpaired) electrons. The molecule has 5 aromatic rings. The Morgan fingerprint density at radius 2 is 1.14 bits per heavy atom. The van der Waals surface area contributed by atoms with E-state index >= 15 is 0 Å². The lowest BCUT2D eigenvalue weighted by Crippen LogP contribution is -2.23. The molecule has 0 unspecified atom stereocenters. The van der Waals surface area contributed by atoms with Crippen molar-refractivity contribution in [2.45, 2.75) is 0 Å². The first-order valence-corrected chi connectivity index (χ1v) is 10.4. The van der Waals surface area contributed by atoms with Gasteiger partial charge in [-0.15, -0.1) is 0 Å². The summed E-state index contributed by atoms with van der Waals surface area (Å²) in [6.45, 7) is 0. The van der Waals surface area contributed by atoms with Crippen molar-refractivity contribution in [3.8, 4) is 23.0 Å². The molecule has 0 fully saturated rings. The second kappa shape index (κ2) is 7.60. The summed E-state index contributed by atoms with van der Waals surface area (Å²) < 4.78 is 26.0. The van der Waals surface area contributed by atoms with Gasteiger partial charge < -0.3 is 33.9 Å². The number of carbonyl (C=O) groups is 3. The van der Waals surface area contributed by atoms with Gasteiger partial charge in [0.2, 0.25) is 0 Å². The highest BCUT2D eigenvalue weighted by Crippen LogP contribution is 2.49. The van der Waals surface area contributed by atoms with Crippen molar-refractivity contribution < 1.29 is 48.3 Å². The normalized spacial score (nSPS) is 14.4. The van der Waals surface area contributed by atoms with Crippen molar-refractivity contribution in [1.29, 1.82) is 0 Å². The number of hydrogen-bond donors (Lipinski definition) is 2. The molecule has 0 spiro atoms. The molecule has 1 heterocycles. The molecule has 0 saturated heterocycles. The fourth-order valence-corrected chi connectivity index (χ4v) is 4.68. The SMILES string of the molecule is CN=C1OC(=O)Oc2ccc3c4ccc(OC(=O)O)c5c(OC(=O)O)ccc(c6ccc(c2c36)O1)c54. The van der Waals surface area contributed by atoms with Gasteiger partial charge in [-0.1, -0.05) is 0 Å². The molecule has 6 rings (SSSR count). The molecule has 11 heteroatoms. The Bertz CT molecular complexity index is 1740. The predicted octanol–water partition coefficient (Wildman–Crippen LogP) is 5.74. The number of nitrogens with zero attached hydrogens (tertiary/aromatic N) is 1. The van der Waals surface area contributed by atoms with Gasteiger partial charge in [0.15, 0.2) is 0 Å². The highest BCUT2D eigenvalue weighted by atomic mass is 16.8. The van der Waals surface area contributed by atoms with Crippen molar-refractivity contribution in [2.24, 2.45) is 4.99 Å². The number of hydrogen-bond acceptors (Lipinski definition) is 9. The number of ether oxygens (including phenoxy) is 5. The van der Waals surface area contributed by atoms with Crippen LogP contribution in [0.5, 0.6) is 23.0 Å². The van der Waals surface area contributed by atoms with Gasteiger partial charge in [-0.05, 0) is 70.1 Å². The van der Waals surface area contributed by atoms with E-state index < -0.39 is 18.5 Å². The Balaban J connectivity index is 1.79. The number of aliphatic imine (C=N–C) groups is 1. The van der Waals surface area contributed by atoms with E-state index in [1.807, 2.05) is 0 Å². The van der Waals surface area contributed by atoms with Crippen molar-refractivity contribution >= 4 is 67.6 Å². The van der Waals surface area contributed by atoms with Crippen LogP contribution < -0.4 is 18.9 Å². The minimum atomic E-state index is -1.56. The highest BCUT2D eigenvalue weighted by molar-refractivity contribution is 6.35. The van der Waals surface area contributed by atoms with E-state index in [1.165, 1.54) is 19.2 Å². The fourth-order valence-electron chi connectivity index (χ4n) is 4.68. The van der Waals surface area contributed by atoms with Crippen LogP contribution in [0.1, 0.15) is 0 Å². The largest absolute Gasteiger partial charge is 0.523 e. The van der Waals surface area contributed by atoms with Crippen LogP contribution in [0.2, 0.25) is 0 Å². The monoisotopic (exact) mass is 487 g/mol. The summed E-state index contributed by atoms with van der Waals surface area (Å²) in [5.41, 5.74) is 0. The third-order valence-electron chi connectivity index (χ3n) is 5.89. The van der Waals surface area contributed by atoms with Crippen LogP contribution in [0.25, 0.3) is 43.1 Å². The molecule has 0 atom stereocenters. The maximum Gasteiger partial charge on any atom is 0.523 e. The first-order chi connectivity index (χ1) is 17.4. The number of benzene rings is 5. The predicted molar refractivity (Wildman–Crippen MR) is 126 cm³/mol. The zero-order valence-electron chi connectivity index (χ0n) is 18.2. The van der Waals surface area contributed by atoms with Crippen LogP contribution in [-0.4, -0.2) is 41.8 Å². The Morgan fingerprint density at radius 1 is 0.667 bits per heavy atom. The van der Waals surface area contributed by atoms with Crippen molar-refractivity contribution in [3.05, 3.63) is 48.5 Å². The van der Waals surface area contributed by atoms with Crippen LogP contribution >= 0.6 is 0 Å². The number of cyclic esters (lactones) is 1. The zero-order valence-corrected chi connectivity index (χ0v) is 18.2. The first-order valence-electron chi connectivity index (χ1n) is 10.4. The lowest BCUT2D eigenvalue weighted by molar-refractivity contribution is 0.135. The molecule has 11 nitrogen and oxygen atoms in total. The third-order valence-corrected chi connectivity index (χ3v) is 5.89. The summed E-state index contributed by atoms with van der Waals surface area (Å²) in [5.74, 6) is 0.386. The molecule has 2 N–H and O–H groups in total. The quantitative estimate of drug-likeness (QED) is 0.136. The Kier molecular flexibility index (Phi) is 4.48. The number of fused-ring (bicyclic) bond motifs is 2. The maximum atomic E-state index is 12.2. The van der Waals surface area contributed by atoms with E-state index in [4.69, 9.17) is 23.7 Å². The summed E-state index contributed by atoms with van der Waals surface area (Å²) in [6.07, 6.45) is -4.41. The van der Waals surface area contributed by atoms with Crippen molar-refractivity contribution in [1.82, 2.24) is 0 Å².